The third kappa shape index (κ3) is 2.57. The van der Waals surface area contributed by atoms with Gasteiger partial charge in [-0.3, -0.25) is 9.78 Å². The minimum atomic E-state index is -0.434. The number of nitrogens with one attached hydrogen (secondary N) is 1. The van der Waals surface area contributed by atoms with E-state index in [1.807, 2.05) is 30.3 Å². The number of hydrogen-bond acceptors (Lipinski definition) is 3. The summed E-state index contributed by atoms with van der Waals surface area (Å²) in [6, 6.07) is 10.9. The fraction of sp³-hybridized carbons (Fsp3) is 0.250. The summed E-state index contributed by atoms with van der Waals surface area (Å²) in [7, 11) is 0. The number of aromatic hydroxyl groups is 1. The zero-order valence-electron chi connectivity index (χ0n) is 11.7. The van der Waals surface area contributed by atoms with Gasteiger partial charge in [0, 0.05) is 11.6 Å². The Labute approximate surface area is 117 Å². The largest absolute Gasteiger partial charge is 0.494 e. The van der Waals surface area contributed by atoms with Crippen LogP contribution >= 0.6 is 0 Å². The Balaban J connectivity index is 2.59. The van der Waals surface area contributed by atoms with Crippen molar-refractivity contribution in [3.8, 4) is 23.1 Å². The molecule has 0 aliphatic rings. The van der Waals surface area contributed by atoms with Gasteiger partial charge in [-0.1, -0.05) is 45.0 Å². The van der Waals surface area contributed by atoms with Crippen molar-refractivity contribution in [3.63, 3.8) is 0 Å². The number of aromatic nitrogens is 1. The molecule has 4 heteroatoms. The molecular weight excluding hydrogens is 252 g/mol. The maximum absolute atomic E-state index is 11.5. The topological polar surface area (TPSA) is 76.9 Å². The lowest BCUT2D eigenvalue weighted by Crippen LogP contribution is -2.10. The van der Waals surface area contributed by atoms with Gasteiger partial charge < -0.3 is 5.11 Å². The predicted molar refractivity (Wildman–Crippen MR) is 77.6 cm³/mol. The summed E-state index contributed by atoms with van der Waals surface area (Å²) in [6.07, 6.45) is 0. The second kappa shape index (κ2) is 4.86. The molecule has 0 amide bonds. The molecule has 0 aliphatic heterocycles. The number of benzene rings is 1. The molecule has 2 aromatic rings. The zero-order chi connectivity index (χ0) is 14.9. The van der Waals surface area contributed by atoms with E-state index in [4.69, 9.17) is 5.26 Å². The van der Waals surface area contributed by atoms with Crippen LogP contribution in [-0.2, 0) is 5.41 Å². The molecule has 0 radical (unpaired) electrons. The maximum Gasteiger partial charge on any atom is 0.251 e. The fourth-order valence-corrected chi connectivity index (χ4v) is 2.04. The van der Waals surface area contributed by atoms with Crippen molar-refractivity contribution in [2.45, 2.75) is 26.2 Å². The van der Waals surface area contributed by atoms with Crippen LogP contribution in [0.4, 0.5) is 0 Å². The van der Waals surface area contributed by atoms with Gasteiger partial charge in [0.1, 0.15) is 11.6 Å². The Kier molecular flexibility index (Phi) is 3.37. The molecule has 0 saturated heterocycles. The molecule has 1 aromatic carbocycles. The first kappa shape index (κ1) is 13.9. The van der Waals surface area contributed by atoms with Crippen LogP contribution in [0.3, 0.4) is 0 Å². The van der Waals surface area contributed by atoms with Crippen molar-refractivity contribution >= 4 is 0 Å². The van der Waals surface area contributed by atoms with Crippen molar-refractivity contribution in [3.05, 3.63) is 51.8 Å². The summed E-state index contributed by atoms with van der Waals surface area (Å²) >= 11 is 0. The molecule has 20 heavy (non-hydrogen) atoms. The molecule has 0 aliphatic carbocycles. The first-order valence-electron chi connectivity index (χ1n) is 6.30. The molecule has 0 unspecified atom stereocenters. The average molecular weight is 268 g/mol. The van der Waals surface area contributed by atoms with E-state index in [2.05, 4.69) is 25.8 Å². The molecule has 2 rings (SSSR count). The molecular formula is C16H16N2O2. The van der Waals surface area contributed by atoms with Gasteiger partial charge in [-0.15, -0.1) is 0 Å². The van der Waals surface area contributed by atoms with Crippen LogP contribution in [0.5, 0.6) is 5.88 Å². The standard InChI is InChI=1S/C16H16N2O2/c1-16(2,3)11-6-4-10(5-7-11)12-8-14(19)18-15(20)13(12)9-17/h4-8H,1-3H3,(H2,18,19,20). The molecule has 0 saturated carbocycles. The highest BCUT2D eigenvalue weighted by Crippen LogP contribution is 2.29. The Bertz CT molecular complexity index is 729. The molecule has 1 heterocycles. The second-order valence-corrected chi connectivity index (χ2v) is 5.71. The number of H-pyrrole nitrogens is 1. The van der Waals surface area contributed by atoms with E-state index in [0.29, 0.717) is 5.56 Å². The summed E-state index contributed by atoms with van der Waals surface area (Å²) in [4.78, 5) is 13.7. The van der Waals surface area contributed by atoms with Crippen LogP contribution in [0, 0.1) is 11.3 Å². The first-order valence-corrected chi connectivity index (χ1v) is 6.30. The van der Waals surface area contributed by atoms with E-state index in [9.17, 15) is 9.90 Å². The SMILES string of the molecule is CC(C)(C)c1ccc(-c2cc(=O)[nH]c(O)c2C#N)cc1. The van der Waals surface area contributed by atoms with E-state index in [0.717, 1.165) is 11.1 Å². The molecule has 1 aromatic heterocycles. The highest BCUT2D eigenvalue weighted by molar-refractivity contribution is 5.72. The predicted octanol–water partition coefficient (Wildman–Crippen LogP) is 2.92. The van der Waals surface area contributed by atoms with Gasteiger partial charge in [-0.05, 0) is 16.5 Å². The van der Waals surface area contributed by atoms with Gasteiger partial charge in [0.25, 0.3) is 5.56 Å². The number of rotatable bonds is 1. The first-order chi connectivity index (χ1) is 9.32. The minimum Gasteiger partial charge on any atom is -0.494 e. The summed E-state index contributed by atoms with van der Waals surface area (Å²) in [5.74, 6) is -0.394. The lowest BCUT2D eigenvalue weighted by molar-refractivity contribution is 0.450. The summed E-state index contributed by atoms with van der Waals surface area (Å²) in [5.41, 5.74) is 2.01. The van der Waals surface area contributed by atoms with E-state index in [1.165, 1.54) is 6.07 Å². The lowest BCUT2D eigenvalue weighted by atomic mass is 9.86. The van der Waals surface area contributed by atoms with Gasteiger partial charge in [-0.2, -0.15) is 5.26 Å². The molecule has 0 fully saturated rings. The Morgan fingerprint density at radius 3 is 2.30 bits per heavy atom. The molecule has 2 N–H and O–H groups in total. The van der Waals surface area contributed by atoms with E-state index >= 15 is 0 Å². The third-order valence-electron chi connectivity index (χ3n) is 3.20. The van der Waals surface area contributed by atoms with E-state index in [1.54, 1.807) is 0 Å². The van der Waals surface area contributed by atoms with Crippen molar-refractivity contribution in [1.82, 2.24) is 4.98 Å². The van der Waals surface area contributed by atoms with Crippen molar-refractivity contribution in [2.75, 3.05) is 0 Å². The molecule has 0 spiro atoms. The number of nitrogens with zero attached hydrogens (tertiary/aromatic N) is 1. The lowest BCUT2D eigenvalue weighted by Gasteiger charge is -2.19. The highest BCUT2D eigenvalue weighted by atomic mass is 16.3. The quantitative estimate of drug-likeness (QED) is 0.834. The summed E-state index contributed by atoms with van der Waals surface area (Å²) in [6.45, 7) is 6.34. The van der Waals surface area contributed by atoms with Crippen molar-refractivity contribution in [2.24, 2.45) is 0 Å². The van der Waals surface area contributed by atoms with Gasteiger partial charge in [0.15, 0.2) is 0 Å². The Morgan fingerprint density at radius 1 is 1.20 bits per heavy atom. The van der Waals surface area contributed by atoms with Crippen LogP contribution in [0.25, 0.3) is 11.1 Å². The Morgan fingerprint density at radius 2 is 1.80 bits per heavy atom. The summed E-state index contributed by atoms with van der Waals surface area (Å²) < 4.78 is 0. The number of aromatic amines is 1. The average Bonchev–Trinajstić information content (AvgIpc) is 2.37. The number of pyridine rings is 1. The summed E-state index contributed by atoms with van der Waals surface area (Å²) in [5, 5.41) is 18.7. The monoisotopic (exact) mass is 268 g/mol. The molecule has 102 valence electrons. The third-order valence-corrected chi connectivity index (χ3v) is 3.20. The van der Waals surface area contributed by atoms with Crippen molar-refractivity contribution < 1.29 is 5.11 Å². The van der Waals surface area contributed by atoms with E-state index in [-0.39, 0.29) is 11.0 Å². The maximum atomic E-state index is 11.5. The van der Waals surface area contributed by atoms with E-state index < -0.39 is 11.4 Å². The van der Waals surface area contributed by atoms with Crippen LogP contribution in [0.1, 0.15) is 31.9 Å². The molecule has 4 nitrogen and oxygen atoms in total. The number of nitriles is 1. The molecule has 0 bridgehead atoms. The van der Waals surface area contributed by atoms with Gasteiger partial charge in [0.05, 0.1) is 0 Å². The van der Waals surface area contributed by atoms with Crippen LogP contribution in [0.15, 0.2) is 35.1 Å². The van der Waals surface area contributed by atoms with Crippen LogP contribution < -0.4 is 5.56 Å². The normalized spacial score (nSPS) is 11.1. The second-order valence-electron chi connectivity index (χ2n) is 5.71. The zero-order valence-corrected chi connectivity index (χ0v) is 11.7. The smallest absolute Gasteiger partial charge is 0.251 e. The Hall–Kier alpha value is -2.54. The molecule has 0 atom stereocenters. The minimum absolute atomic E-state index is 0.0346. The highest BCUT2D eigenvalue weighted by Gasteiger charge is 2.15. The van der Waals surface area contributed by atoms with Crippen molar-refractivity contribution in [1.29, 1.82) is 5.26 Å². The van der Waals surface area contributed by atoms with Crippen LogP contribution in [0.2, 0.25) is 0 Å². The van der Waals surface area contributed by atoms with Gasteiger partial charge in [-0.25, -0.2) is 0 Å². The van der Waals surface area contributed by atoms with Gasteiger partial charge in [0.2, 0.25) is 5.88 Å². The fourth-order valence-electron chi connectivity index (χ4n) is 2.04. The van der Waals surface area contributed by atoms with Gasteiger partial charge >= 0.3 is 0 Å². The number of hydrogen-bond donors (Lipinski definition) is 2. The van der Waals surface area contributed by atoms with Crippen LogP contribution in [-0.4, -0.2) is 10.1 Å².